The molecule has 0 amide bonds. The van der Waals surface area contributed by atoms with Gasteiger partial charge in [-0.2, -0.15) is 4.39 Å². The number of nitro benzene ring substituents is 1. The second-order valence-corrected chi connectivity index (χ2v) is 4.76. The molecule has 0 aliphatic carbocycles. The van der Waals surface area contributed by atoms with Crippen LogP contribution >= 0.6 is 0 Å². The van der Waals surface area contributed by atoms with E-state index in [2.05, 4.69) is 0 Å². The zero-order valence-corrected chi connectivity index (χ0v) is 12.3. The molecule has 8 heteroatoms. The molecule has 0 atom stereocenters. The molecule has 0 bridgehead atoms. The number of nitrogens with zero attached hydrogens (tertiary/aromatic N) is 2. The van der Waals surface area contributed by atoms with Gasteiger partial charge in [0.25, 0.3) is 0 Å². The van der Waals surface area contributed by atoms with Gasteiger partial charge in [-0.05, 0) is 18.2 Å². The lowest BCUT2D eigenvalue weighted by Crippen LogP contribution is -2.20. The molecule has 0 saturated carbocycles. The van der Waals surface area contributed by atoms with Gasteiger partial charge >= 0.3 is 5.69 Å². The smallest absolute Gasteiger partial charge is 0.305 e. The average Bonchev–Trinajstić information content (AvgIpc) is 2.48. The number of para-hydroxylation sites is 1. The van der Waals surface area contributed by atoms with Crippen molar-refractivity contribution in [3.05, 3.63) is 63.5 Å². The van der Waals surface area contributed by atoms with Crippen LogP contribution in [0.2, 0.25) is 0 Å². The Morgan fingerprint density at radius 3 is 2.30 bits per heavy atom. The number of hydrogen-bond acceptors (Lipinski definition) is 4. The summed E-state index contributed by atoms with van der Waals surface area (Å²) in [4.78, 5) is 11.1. The molecule has 0 saturated heterocycles. The Kier molecular flexibility index (Phi) is 4.73. The molecule has 2 rings (SSSR count). The number of methoxy groups -OCH3 is 1. The summed E-state index contributed by atoms with van der Waals surface area (Å²) < 4.78 is 46.9. The molecule has 2 aromatic rings. The molecule has 0 fully saturated rings. The fourth-order valence-electron chi connectivity index (χ4n) is 2.24. The molecule has 2 aromatic carbocycles. The Labute approximate surface area is 130 Å². The first-order valence-electron chi connectivity index (χ1n) is 6.51. The van der Waals surface area contributed by atoms with Crippen molar-refractivity contribution in [3.8, 4) is 5.75 Å². The summed E-state index contributed by atoms with van der Waals surface area (Å²) in [6.45, 7) is -0.311. The van der Waals surface area contributed by atoms with Crippen LogP contribution in [0.15, 0.2) is 30.3 Å². The number of anilines is 1. The fraction of sp³-hybridized carbons (Fsp3) is 0.200. The maximum atomic E-state index is 14.3. The molecule has 0 radical (unpaired) electrons. The van der Waals surface area contributed by atoms with Crippen molar-refractivity contribution in [2.45, 2.75) is 6.54 Å². The highest BCUT2D eigenvalue weighted by Gasteiger charge is 2.24. The highest BCUT2D eigenvalue weighted by molar-refractivity contribution is 5.52. The quantitative estimate of drug-likeness (QED) is 0.621. The first kappa shape index (κ1) is 16.6. The molecule has 0 aliphatic heterocycles. The van der Waals surface area contributed by atoms with Crippen molar-refractivity contribution in [1.29, 1.82) is 0 Å². The van der Waals surface area contributed by atoms with Crippen molar-refractivity contribution < 1.29 is 22.8 Å². The second kappa shape index (κ2) is 6.55. The Hall–Kier alpha value is -2.77. The summed E-state index contributed by atoms with van der Waals surface area (Å²) in [6.07, 6.45) is 0. The number of rotatable bonds is 5. The number of hydrogen-bond donors (Lipinski definition) is 0. The van der Waals surface area contributed by atoms with Crippen LogP contribution in [0.3, 0.4) is 0 Å². The first-order chi connectivity index (χ1) is 10.9. The van der Waals surface area contributed by atoms with E-state index in [0.717, 1.165) is 23.1 Å². The van der Waals surface area contributed by atoms with E-state index in [1.807, 2.05) is 0 Å². The molecule has 0 N–H and O–H groups in total. The van der Waals surface area contributed by atoms with Crippen LogP contribution in [0.5, 0.6) is 5.75 Å². The number of ether oxygens (including phenoxy) is 1. The number of benzene rings is 2. The van der Waals surface area contributed by atoms with Gasteiger partial charge in [0.2, 0.25) is 5.82 Å². The van der Waals surface area contributed by atoms with Crippen molar-refractivity contribution in [3.63, 3.8) is 0 Å². The van der Waals surface area contributed by atoms with Gasteiger partial charge in [0.1, 0.15) is 23.1 Å². The zero-order chi connectivity index (χ0) is 17.1. The maximum absolute atomic E-state index is 14.3. The Bertz CT molecular complexity index is 733. The second-order valence-electron chi connectivity index (χ2n) is 4.76. The van der Waals surface area contributed by atoms with E-state index in [9.17, 15) is 23.3 Å². The largest absolute Gasteiger partial charge is 0.496 e. The van der Waals surface area contributed by atoms with Crippen molar-refractivity contribution >= 4 is 11.4 Å². The van der Waals surface area contributed by atoms with Crippen molar-refractivity contribution in [1.82, 2.24) is 0 Å². The molecule has 23 heavy (non-hydrogen) atoms. The third-order valence-corrected chi connectivity index (χ3v) is 3.31. The summed E-state index contributed by atoms with van der Waals surface area (Å²) in [6, 6.07) is 5.55. The monoisotopic (exact) mass is 326 g/mol. The van der Waals surface area contributed by atoms with E-state index >= 15 is 0 Å². The van der Waals surface area contributed by atoms with E-state index in [1.165, 1.54) is 26.3 Å². The predicted octanol–water partition coefficient (Wildman–Crippen LogP) is 3.66. The zero-order valence-electron chi connectivity index (χ0n) is 12.3. The molecular weight excluding hydrogens is 313 g/mol. The fourth-order valence-corrected chi connectivity index (χ4v) is 2.24. The molecule has 122 valence electrons. The highest BCUT2D eigenvalue weighted by atomic mass is 19.1. The van der Waals surface area contributed by atoms with E-state index in [1.54, 1.807) is 0 Å². The topological polar surface area (TPSA) is 55.6 Å². The first-order valence-corrected chi connectivity index (χ1v) is 6.51. The predicted molar refractivity (Wildman–Crippen MR) is 78.1 cm³/mol. The summed E-state index contributed by atoms with van der Waals surface area (Å²) >= 11 is 0. The van der Waals surface area contributed by atoms with Crippen LogP contribution in [-0.4, -0.2) is 19.1 Å². The number of nitro groups is 1. The molecule has 5 nitrogen and oxygen atoms in total. The molecule has 0 unspecified atom stereocenters. The van der Waals surface area contributed by atoms with E-state index in [-0.39, 0.29) is 23.5 Å². The average molecular weight is 326 g/mol. The van der Waals surface area contributed by atoms with Crippen LogP contribution in [0, 0.1) is 27.6 Å². The molecule has 0 aliphatic rings. The lowest BCUT2D eigenvalue weighted by atomic mass is 10.1. The highest BCUT2D eigenvalue weighted by Crippen LogP contribution is 2.32. The summed E-state index contributed by atoms with van der Waals surface area (Å²) in [5.74, 6) is -2.69. The van der Waals surface area contributed by atoms with Gasteiger partial charge in [-0.15, -0.1) is 0 Å². The van der Waals surface area contributed by atoms with Crippen LogP contribution in [0.4, 0.5) is 24.5 Å². The van der Waals surface area contributed by atoms with Gasteiger partial charge < -0.3 is 9.64 Å². The summed E-state index contributed by atoms with van der Waals surface area (Å²) in [5.41, 5.74) is -1.25. The lowest BCUT2D eigenvalue weighted by Gasteiger charge is -2.22. The normalized spacial score (nSPS) is 10.5. The van der Waals surface area contributed by atoms with Crippen molar-refractivity contribution in [2.24, 2.45) is 0 Å². The van der Waals surface area contributed by atoms with E-state index in [0.29, 0.717) is 0 Å². The minimum atomic E-state index is -1.10. The molecule has 0 aromatic heterocycles. The minimum Gasteiger partial charge on any atom is -0.496 e. The van der Waals surface area contributed by atoms with Crippen LogP contribution in [-0.2, 0) is 6.54 Å². The standard InChI is InChI=1S/C15H13F3N2O3/c1-19(15-10(16)4-3-5-11(15)17)8-9-13(23-2)7-6-12(14(9)18)20(21)22/h3-7H,8H2,1-2H3. The van der Waals surface area contributed by atoms with Gasteiger partial charge in [0.05, 0.1) is 17.6 Å². The Balaban J connectivity index is 2.46. The maximum Gasteiger partial charge on any atom is 0.305 e. The Morgan fingerprint density at radius 1 is 1.17 bits per heavy atom. The van der Waals surface area contributed by atoms with Gasteiger partial charge in [-0.3, -0.25) is 10.1 Å². The third kappa shape index (κ3) is 3.20. The molecule has 0 spiro atoms. The van der Waals surface area contributed by atoms with Crippen LogP contribution in [0.1, 0.15) is 5.56 Å². The van der Waals surface area contributed by atoms with E-state index < -0.39 is 28.1 Å². The number of halogens is 3. The summed E-state index contributed by atoms with van der Waals surface area (Å²) in [5, 5.41) is 10.8. The van der Waals surface area contributed by atoms with E-state index in [4.69, 9.17) is 4.74 Å². The van der Waals surface area contributed by atoms with Gasteiger partial charge in [0, 0.05) is 19.7 Å². The van der Waals surface area contributed by atoms with Gasteiger partial charge in [-0.25, -0.2) is 8.78 Å². The molecule has 0 heterocycles. The summed E-state index contributed by atoms with van der Waals surface area (Å²) in [7, 11) is 2.62. The molecular formula is C15H13F3N2O3. The lowest BCUT2D eigenvalue weighted by molar-refractivity contribution is -0.387. The Morgan fingerprint density at radius 2 is 1.78 bits per heavy atom. The van der Waals surface area contributed by atoms with Gasteiger partial charge in [0.15, 0.2) is 0 Å². The SMILES string of the molecule is COc1ccc([N+](=O)[O-])c(F)c1CN(C)c1c(F)cccc1F. The third-order valence-electron chi connectivity index (χ3n) is 3.31. The van der Waals surface area contributed by atoms with Crippen LogP contribution in [0.25, 0.3) is 0 Å². The van der Waals surface area contributed by atoms with Crippen molar-refractivity contribution in [2.75, 3.05) is 19.1 Å². The minimum absolute atomic E-state index is 0.0525. The van der Waals surface area contributed by atoms with Crippen LogP contribution < -0.4 is 9.64 Å². The van der Waals surface area contributed by atoms with Gasteiger partial charge in [-0.1, -0.05) is 6.07 Å².